The first-order chi connectivity index (χ1) is 5.91. The molecular formula is C11H21NS. The van der Waals surface area contributed by atoms with E-state index in [-0.39, 0.29) is 0 Å². The van der Waals surface area contributed by atoms with Crippen LogP contribution in [0.3, 0.4) is 0 Å². The van der Waals surface area contributed by atoms with Crippen molar-refractivity contribution in [3.05, 3.63) is 0 Å². The fourth-order valence-corrected chi connectivity index (χ4v) is 3.23. The molecule has 0 radical (unpaired) electrons. The summed E-state index contributed by atoms with van der Waals surface area (Å²) in [7, 11) is 0. The van der Waals surface area contributed by atoms with Gasteiger partial charge in [0.25, 0.3) is 0 Å². The Hall–Kier alpha value is 0.310. The SMILES string of the molecule is C[C@H](S)[C@@H]1[C@@H]2C[C@@H]2CN1C(C)(C)C. The van der Waals surface area contributed by atoms with Crippen LogP contribution >= 0.6 is 12.6 Å². The Balaban J connectivity index is 2.12. The van der Waals surface area contributed by atoms with Crippen LogP contribution in [0, 0.1) is 11.8 Å². The van der Waals surface area contributed by atoms with Gasteiger partial charge in [0.2, 0.25) is 0 Å². The molecule has 4 atom stereocenters. The van der Waals surface area contributed by atoms with E-state index in [0.717, 1.165) is 17.9 Å². The van der Waals surface area contributed by atoms with E-state index >= 15 is 0 Å². The maximum atomic E-state index is 4.63. The van der Waals surface area contributed by atoms with Gasteiger partial charge in [-0.3, -0.25) is 4.90 Å². The zero-order chi connectivity index (χ0) is 9.80. The van der Waals surface area contributed by atoms with Gasteiger partial charge in [0.05, 0.1) is 0 Å². The highest BCUT2D eigenvalue weighted by Gasteiger charge is 2.55. The van der Waals surface area contributed by atoms with Gasteiger partial charge in [-0.1, -0.05) is 6.92 Å². The third-order valence-electron chi connectivity index (χ3n) is 3.56. The van der Waals surface area contributed by atoms with Crippen LogP contribution < -0.4 is 0 Å². The fraction of sp³-hybridized carbons (Fsp3) is 1.00. The quantitative estimate of drug-likeness (QED) is 0.635. The Kier molecular flexibility index (Phi) is 2.20. The van der Waals surface area contributed by atoms with E-state index in [4.69, 9.17) is 0 Å². The van der Waals surface area contributed by atoms with Crippen LogP contribution in [0.15, 0.2) is 0 Å². The lowest BCUT2D eigenvalue weighted by Gasteiger charge is -2.40. The van der Waals surface area contributed by atoms with Crippen molar-refractivity contribution in [1.82, 2.24) is 4.90 Å². The fourth-order valence-electron chi connectivity index (χ4n) is 2.84. The summed E-state index contributed by atoms with van der Waals surface area (Å²) in [5, 5.41) is 0.525. The molecule has 0 spiro atoms. The van der Waals surface area contributed by atoms with Crippen molar-refractivity contribution >= 4 is 12.6 Å². The molecule has 1 aliphatic carbocycles. The van der Waals surface area contributed by atoms with Crippen molar-refractivity contribution in [1.29, 1.82) is 0 Å². The summed E-state index contributed by atoms with van der Waals surface area (Å²) in [6.45, 7) is 10.5. The van der Waals surface area contributed by atoms with Crippen molar-refractivity contribution in [2.45, 2.75) is 50.9 Å². The average Bonchev–Trinajstić information content (AvgIpc) is 2.58. The molecule has 2 heteroatoms. The number of fused-ring (bicyclic) bond motifs is 1. The van der Waals surface area contributed by atoms with Gasteiger partial charge in [0.15, 0.2) is 0 Å². The summed E-state index contributed by atoms with van der Waals surface area (Å²) < 4.78 is 0. The normalized spacial score (nSPS) is 41.8. The second-order valence-electron chi connectivity index (χ2n) is 5.71. The van der Waals surface area contributed by atoms with Crippen molar-refractivity contribution in [2.75, 3.05) is 6.54 Å². The van der Waals surface area contributed by atoms with Crippen LogP contribution in [0.1, 0.15) is 34.1 Å². The van der Waals surface area contributed by atoms with Crippen molar-refractivity contribution in [3.63, 3.8) is 0 Å². The topological polar surface area (TPSA) is 3.24 Å². The number of rotatable bonds is 1. The van der Waals surface area contributed by atoms with Crippen LogP contribution in [-0.4, -0.2) is 28.3 Å². The molecule has 1 saturated heterocycles. The van der Waals surface area contributed by atoms with E-state index < -0.39 is 0 Å². The second-order valence-corrected chi connectivity index (χ2v) is 6.53. The molecule has 1 nitrogen and oxygen atoms in total. The van der Waals surface area contributed by atoms with Gasteiger partial charge < -0.3 is 0 Å². The first-order valence-electron chi connectivity index (χ1n) is 5.36. The molecule has 1 heterocycles. The molecule has 0 aromatic rings. The predicted octanol–water partition coefficient (Wildman–Crippen LogP) is 2.42. The summed E-state index contributed by atoms with van der Waals surface area (Å²) in [6.07, 6.45) is 1.46. The highest BCUT2D eigenvalue weighted by atomic mass is 32.1. The predicted molar refractivity (Wildman–Crippen MR) is 60.3 cm³/mol. The standard InChI is InChI=1S/C11H21NS/c1-7(13)10-9-5-8(9)6-12(10)11(2,3)4/h7-10,13H,5-6H2,1-4H3/t7-,8+,9+,10+/m0/s1. The van der Waals surface area contributed by atoms with E-state index in [2.05, 4.69) is 45.2 Å². The molecule has 2 rings (SSSR count). The second kappa shape index (κ2) is 2.90. The number of likely N-dealkylation sites (tertiary alicyclic amines) is 1. The molecule has 0 bridgehead atoms. The van der Waals surface area contributed by atoms with E-state index in [1.54, 1.807) is 0 Å². The molecule has 2 aliphatic rings. The summed E-state index contributed by atoms with van der Waals surface area (Å²) in [5.74, 6) is 1.96. The van der Waals surface area contributed by atoms with Crippen LogP contribution in [0.2, 0.25) is 0 Å². The van der Waals surface area contributed by atoms with Gasteiger partial charge in [-0.05, 0) is 39.0 Å². The summed E-state index contributed by atoms with van der Waals surface area (Å²) in [4.78, 5) is 2.66. The summed E-state index contributed by atoms with van der Waals surface area (Å²) in [5.41, 5.74) is 0.328. The van der Waals surface area contributed by atoms with Crippen LogP contribution in [-0.2, 0) is 0 Å². The third kappa shape index (κ3) is 1.63. The van der Waals surface area contributed by atoms with E-state index in [1.807, 2.05) is 0 Å². The van der Waals surface area contributed by atoms with Crippen LogP contribution in [0.25, 0.3) is 0 Å². The Morgan fingerprint density at radius 1 is 1.38 bits per heavy atom. The maximum absolute atomic E-state index is 4.63. The van der Waals surface area contributed by atoms with Gasteiger partial charge in [-0.15, -0.1) is 0 Å². The first kappa shape index (κ1) is 9.85. The van der Waals surface area contributed by atoms with Crippen molar-refractivity contribution in [2.24, 2.45) is 11.8 Å². The number of hydrogen-bond donors (Lipinski definition) is 1. The molecule has 76 valence electrons. The average molecular weight is 199 g/mol. The number of nitrogens with zero attached hydrogens (tertiary/aromatic N) is 1. The van der Waals surface area contributed by atoms with Gasteiger partial charge >= 0.3 is 0 Å². The smallest absolute Gasteiger partial charge is 0.0246 e. The van der Waals surface area contributed by atoms with E-state index in [1.165, 1.54) is 13.0 Å². The zero-order valence-electron chi connectivity index (χ0n) is 9.12. The van der Waals surface area contributed by atoms with E-state index in [0.29, 0.717) is 10.8 Å². The summed E-state index contributed by atoms with van der Waals surface area (Å²) >= 11 is 4.63. The summed E-state index contributed by atoms with van der Waals surface area (Å²) in [6, 6.07) is 0.730. The molecule has 0 aromatic heterocycles. The Morgan fingerprint density at radius 2 is 2.00 bits per heavy atom. The van der Waals surface area contributed by atoms with E-state index in [9.17, 15) is 0 Å². The molecule has 0 unspecified atom stereocenters. The number of piperidine rings is 1. The molecule has 0 aromatic carbocycles. The molecule has 2 fully saturated rings. The lowest BCUT2D eigenvalue weighted by molar-refractivity contribution is 0.100. The van der Waals surface area contributed by atoms with Gasteiger partial charge in [-0.2, -0.15) is 12.6 Å². The lowest BCUT2D eigenvalue weighted by atomic mass is 10.0. The molecule has 1 aliphatic heterocycles. The Bertz CT molecular complexity index is 207. The van der Waals surface area contributed by atoms with Gasteiger partial charge in [-0.25, -0.2) is 0 Å². The maximum Gasteiger partial charge on any atom is 0.0246 e. The largest absolute Gasteiger partial charge is 0.294 e. The van der Waals surface area contributed by atoms with Crippen molar-refractivity contribution < 1.29 is 0 Å². The Morgan fingerprint density at radius 3 is 2.38 bits per heavy atom. The number of hydrogen-bond acceptors (Lipinski definition) is 2. The van der Waals surface area contributed by atoms with Crippen molar-refractivity contribution in [3.8, 4) is 0 Å². The Labute approximate surface area is 87.3 Å². The van der Waals surface area contributed by atoms with Crippen LogP contribution in [0.4, 0.5) is 0 Å². The highest BCUT2D eigenvalue weighted by Crippen LogP contribution is 2.53. The van der Waals surface area contributed by atoms with Crippen LogP contribution in [0.5, 0.6) is 0 Å². The highest BCUT2D eigenvalue weighted by molar-refractivity contribution is 7.81. The minimum absolute atomic E-state index is 0.328. The number of thiol groups is 1. The monoisotopic (exact) mass is 199 g/mol. The lowest BCUT2D eigenvalue weighted by Crippen LogP contribution is -2.49. The minimum atomic E-state index is 0.328. The van der Waals surface area contributed by atoms with Gasteiger partial charge in [0.1, 0.15) is 0 Å². The minimum Gasteiger partial charge on any atom is -0.294 e. The molecule has 0 amide bonds. The molecule has 13 heavy (non-hydrogen) atoms. The van der Waals surface area contributed by atoms with Gasteiger partial charge in [0, 0.05) is 23.4 Å². The molecular weight excluding hydrogens is 178 g/mol. The zero-order valence-corrected chi connectivity index (χ0v) is 10.0. The molecule has 0 N–H and O–H groups in total. The molecule has 1 saturated carbocycles. The first-order valence-corrected chi connectivity index (χ1v) is 5.87. The third-order valence-corrected chi connectivity index (χ3v) is 3.87.